The van der Waals surface area contributed by atoms with E-state index in [1.807, 2.05) is 18.2 Å². The Morgan fingerprint density at radius 3 is 2.64 bits per heavy atom. The Kier molecular flexibility index (Phi) is 5.63. The Balaban J connectivity index is 2.07. The predicted octanol–water partition coefficient (Wildman–Crippen LogP) is 1.08. The first kappa shape index (κ1) is 16.6. The molecule has 3 N–H and O–H groups in total. The van der Waals surface area contributed by atoms with Crippen LogP contribution in [0.25, 0.3) is 0 Å². The highest BCUT2D eigenvalue weighted by Crippen LogP contribution is 2.32. The smallest absolute Gasteiger partial charge is 0.227 e. The van der Waals surface area contributed by atoms with Crippen LogP contribution in [0.1, 0.15) is 18.4 Å². The molecular weight excluding hydrogens is 284 g/mol. The molecule has 6 nitrogen and oxygen atoms in total. The monoisotopic (exact) mass is 308 g/mol. The summed E-state index contributed by atoms with van der Waals surface area (Å²) in [5.74, 6) is 1.26. The van der Waals surface area contributed by atoms with E-state index in [2.05, 4.69) is 5.32 Å². The van der Waals surface area contributed by atoms with Crippen LogP contribution in [0, 0.1) is 5.41 Å². The van der Waals surface area contributed by atoms with E-state index in [4.69, 9.17) is 19.9 Å². The van der Waals surface area contributed by atoms with Gasteiger partial charge in [-0.05, 0) is 18.9 Å². The molecule has 0 atom stereocenters. The van der Waals surface area contributed by atoms with Crippen molar-refractivity contribution in [1.29, 1.82) is 0 Å². The maximum atomic E-state index is 12.6. The van der Waals surface area contributed by atoms with Gasteiger partial charge in [-0.2, -0.15) is 0 Å². The summed E-state index contributed by atoms with van der Waals surface area (Å²) >= 11 is 0. The van der Waals surface area contributed by atoms with Crippen molar-refractivity contribution < 1.29 is 19.0 Å². The topological polar surface area (TPSA) is 82.8 Å². The lowest BCUT2D eigenvalue weighted by Gasteiger charge is -2.34. The van der Waals surface area contributed by atoms with Gasteiger partial charge in [-0.1, -0.05) is 12.1 Å². The van der Waals surface area contributed by atoms with Crippen LogP contribution >= 0.6 is 0 Å². The number of benzene rings is 1. The summed E-state index contributed by atoms with van der Waals surface area (Å²) in [5, 5.41) is 2.98. The average molecular weight is 308 g/mol. The number of methoxy groups -OCH3 is 2. The van der Waals surface area contributed by atoms with Crippen LogP contribution in [-0.4, -0.2) is 39.9 Å². The van der Waals surface area contributed by atoms with Crippen LogP contribution in [-0.2, 0) is 16.1 Å². The molecule has 122 valence electrons. The molecule has 1 aliphatic rings. The molecule has 0 aromatic heterocycles. The Morgan fingerprint density at radius 2 is 2.05 bits per heavy atom. The summed E-state index contributed by atoms with van der Waals surface area (Å²) in [5.41, 5.74) is 6.20. The highest BCUT2D eigenvalue weighted by Gasteiger charge is 2.38. The van der Waals surface area contributed by atoms with Crippen molar-refractivity contribution in [2.45, 2.75) is 19.4 Å². The molecule has 1 aromatic carbocycles. The molecule has 0 aliphatic carbocycles. The van der Waals surface area contributed by atoms with Crippen LogP contribution in [0.2, 0.25) is 0 Å². The van der Waals surface area contributed by atoms with E-state index >= 15 is 0 Å². The molecule has 0 unspecified atom stereocenters. The first-order chi connectivity index (χ1) is 10.7. The van der Waals surface area contributed by atoms with E-state index in [0.29, 0.717) is 50.6 Å². The van der Waals surface area contributed by atoms with Gasteiger partial charge in [0.05, 0.1) is 19.6 Å². The minimum Gasteiger partial charge on any atom is -0.493 e. The van der Waals surface area contributed by atoms with Gasteiger partial charge >= 0.3 is 0 Å². The van der Waals surface area contributed by atoms with Crippen molar-refractivity contribution in [1.82, 2.24) is 5.32 Å². The number of nitrogens with one attached hydrogen (secondary N) is 1. The van der Waals surface area contributed by atoms with Gasteiger partial charge in [0, 0.05) is 31.9 Å². The predicted molar refractivity (Wildman–Crippen MR) is 82.9 cm³/mol. The zero-order chi connectivity index (χ0) is 16.0. The van der Waals surface area contributed by atoms with Gasteiger partial charge in [0.25, 0.3) is 0 Å². The van der Waals surface area contributed by atoms with Crippen molar-refractivity contribution in [2.75, 3.05) is 34.0 Å². The molecule has 22 heavy (non-hydrogen) atoms. The van der Waals surface area contributed by atoms with Crippen molar-refractivity contribution in [3.63, 3.8) is 0 Å². The Bertz CT molecular complexity index is 513. The highest BCUT2D eigenvalue weighted by atomic mass is 16.5. The van der Waals surface area contributed by atoms with Crippen molar-refractivity contribution >= 4 is 5.91 Å². The summed E-state index contributed by atoms with van der Waals surface area (Å²) in [6.07, 6.45) is 1.31. The first-order valence-electron chi connectivity index (χ1n) is 7.43. The Labute approximate surface area is 130 Å². The number of carbonyl (C=O) groups is 1. The second kappa shape index (κ2) is 7.47. The van der Waals surface area contributed by atoms with Gasteiger partial charge in [-0.3, -0.25) is 4.79 Å². The lowest BCUT2D eigenvalue weighted by molar-refractivity contribution is -0.136. The van der Waals surface area contributed by atoms with E-state index in [-0.39, 0.29) is 5.91 Å². The number of carbonyl (C=O) groups excluding carboxylic acids is 1. The normalized spacial score (nSPS) is 16.9. The largest absolute Gasteiger partial charge is 0.493 e. The molecule has 0 spiro atoms. The zero-order valence-corrected chi connectivity index (χ0v) is 13.2. The highest BCUT2D eigenvalue weighted by molar-refractivity contribution is 5.83. The first-order valence-corrected chi connectivity index (χ1v) is 7.43. The lowest BCUT2D eigenvalue weighted by atomic mass is 9.79. The molecule has 0 saturated carbocycles. The van der Waals surface area contributed by atoms with Crippen LogP contribution in [0.5, 0.6) is 11.5 Å². The summed E-state index contributed by atoms with van der Waals surface area (Å²) in [6.45, 7) is 1.86. The third-order valence-electron chi connectivity index (χ3n) is 4.25. The van der Waals surface area contributed by atoms with Gasteiger partial charge in [-0.15, -0.1) is 0 Å². The minimum absolute atomic E-state index is 0.0248. The number of para-hydroxylation sites is 1. The van der Waals surface area contributed by atoms with E-state index in [1.165, 1.54) is 0 Å². The Morgan fingerprint density at radius 1 is 1.32 bits per heavy atom. The molecule has 1 heterocycles. The molecule has 1 aromatic rings. The number of rotatable bonds is 6. The fourth-order valence-electron chi connectivity index (χ4n) is 2.74. The van der Waals surface area contributed by atoms with Gasteiger partial charge in [0.15, 0.2) is 11.5 Å². The molecule has 0 radical (unpaired) electrons. The van der Waals surface area contributed by atoms with Crippen LogP contribution < -0.4 is 20.5 Å². The number of nitrogens with two attached hydrogens (primary N) is 1. The number of amides is 1. The molecule has 1 aliphatic heterocycles. The number of ether oxygens (including phenoxy) is 3. The standard InChI is InChI=1S/C16H24N2O4/c1-20-13-5-3-4-12(14(13)21-2)10-18-15(19)16(11-17)6-8-22-9-7-16/h3-5H,6-11,17H2,1-2H3,(H,18,19). The number of hydrogen-bond acceptors (Lipinski definition) is 5. The van der Waals surface area contributed by atoms with Crippen LogP contribution in [0.3, 0.4) is 0 Å². The maximum Gasteiger partial charge on any atom is 0.227 e. The summed E-state index contributed by atoms with van der Waals surface area (Å²) < 4.78 is 16.0. The zero-order valence-electron chi connectivity index (χ0n) is 13.2. The van der Waals surface area contributed by atoms with E-state index in [0.717, 1.165) is 5.56 Å². The molecular formula is C16H24N2O4. The summed E-state index contributed by atoms with van der Waals surface area (Å²) in [4.78, 5) is 12.6. The average Bonchev–Trinajstić information content (AvgIpc) is 2.59. The SMILES string of the molecule is COc1cccc(CNC(=O)C2(CN)CCOCC2)c1OC. The van der Waals surface area contributed by atoms with E-state index < -0.39 is 5.41 Å². The molecule has 2 rings (SSSR count). The van der Waals surface area contributed by atoms with Crippen molar-refractivity contribution in [3.05, 3.63) is 23.8 Å². The minimum atomic E-state index is -0.523. The van der Waals surface area contributed by atoms with Crippen LogP contribution in [0.15, 0.2) is 18.2 Å². The molecule has 6 heteroatoms. The quantitative estimate of drug-likeness (QED) is 0.821. The van der Waals surface area contributed by atoms with Crippen molar-refractivity contribution in [3.8, 4) is 11.5 Å². The van der Waals surface area contributed by atoms with Gasteiger partial charge < -0.3 is 25.3 Å². The van der Waals surface area contributed by atoms with Gasteiger partial charge in [0.2, 0.25) is 5.91 Å². The van der Waals surface area contributed by atoms with Crippen molar-refractivity contribution in [2.24, 2.45) is 11.1 Å². The van der Waals surface area contributed by atoms with Gasteiger partial charge in [-0.25, -0.2) is 0 Å². The molecule has 1 amide bonds. The second-order valence-electron chi connectivity index (χ2n) is 5.43. The van der Waals surface area contributed by atoms with E-state index in [9.17, 15) is 4.79 Å². The summed E-state index contributed by atoms with van der Waals surface area (Å²) in [7, 11) is 3.18. The van der Waals surface area contributed by atoms with Gasteiger partial charge in [0.1, 0.15) is 0 Å². The maximum absolute atomic E-state index is 12.6. The third kappa shape index (κ3) is 3.34. The second-order valence-corrected chi connectivity index (χ2v) is 5.43. The fraction of sp³-hybridized carbons (Fsp3) is 0.562. The fourth-order valence-corrected chi connectivity index (χ4v) is 2.74. The summed E-state index contributed by atoms with van der Waals surface area (Å²) in [6, 6.07) is 5.60. The van der Waals surface area contributed by atoms with E-state index in [1.54, 1.807) is 14.2 Å². The number of hydrogen-bond donors (Lipinski definition) is 2. The third-order valence-corrected chi connectivity index (χ3v) is 4.25. The Hall–Kier alpha value is -1.79. The molecule has 1 saturated heterocycles. The van der Waals surface area contributed by atoms with Crippen LogP contribution in [0.4, 0.5) is 0 Å². The molecule has 1 fully saturated rings. The molecule has 0 bridgehead atoms. The lowest BCUT2D eigenvalue weighted by Crippen LogP contribution is -2.49.